The van der Waals surface area contributed by atoms with Crippen molar-refractivity contribution in [3.05, 3.63) is 72.3 Å². The molecule has 0 fully saturated rings. The van der Waals surface area contributed by atoms with E-state index in [1.54, 1.807) is 0 Å². The average Bonchev–Trinajstić information content (AvgIpc) is 2.67. The summed E-state index contributed by atoms with van der Waals surface area (Å²) in [5.74, 6) is 2.02. The number of hydrogen-bond donors (Lipinski definition) is 2. The van der Waals surface area contributed by atoms with E-state index in [4.69, 9.17) is 4.98 Å². The van der Waals surface area contributed by atoms with Crippen molar-refractivity contribution < 1.29 is 0 Å². The standard InChI is InChI=1S/C22H26N4/c1-16(2)15-23-21-14-20(19-12-8-5-9-13-19)25-22(26-21)24-17(3)18-10-6-4-7-11-18/h4-14,16-17H,15H2,1-3H3,(H2,23,24,25,26). The van der Waals surface area contributed by atoms with Gasteiger partial charge in [0.1, 0.15) is 5.82 Å². The summed E-state index contributed by atoms with van der Waals surface area (Å²) < 4.78 is 0. The lowest BCUT2D eigenvalue weighted by Crippen LogP contribution is -2.13. The number of aromatic nitrogens is 2. The number of benzene rings is 2. The van der Waals surface area contributed by atoms with Gasteiger partial charge in [0.05, 0.1) is 11.7 Å². The SMILES string of the molecule is CC(C)CNc1cc(-c2ccccc2)nc(NC(C)c2ccccc2)n1. The van der Waals surface area contributed by atoms with E-state index in [2.05, 4.69) is 60.7 Å². The quantitative estimate of drug-likeness (QED) is 0.602. The van der Waals surface area contributed by atoms with Crippen LogP contribution in [0.2, 0.25) is 0 Å². The summed E-state index contributed by atoms with van der Waals surface area (Å²) in [6, 6.07) is 22.7. The minimum atomic E-state index is 0.125. The zero-order chi connectivity index (χ0) is 18.4. The first kappa shape index (κ1) is 17.9. The first-order valence-corrected chi connectivity index (χ1v) is 9.11. The Morgan fingerprint density at radius 1 is 0.846 bits per heavy atom. The van der Waals surface area contributed by atoms with Gasteiger partial charge in [-0.25, -0.2) is 4.98 Å². The Balaban J connectivity index is 1.89. The third-order valence-electron chi connectivity index (χ3n) is 4.13. The third kappa shape index (κ3) is 4.82. The minimum Gasteiger partial charge on any atom is -0.370 e. The number of hydrogen-bond acceptors (Lipinski definition) is 4. The molecule has 0 aliphatic carbocycles. The number of rotatable bonds is 7. The summed E-state index contributed by atoms with van der Waals surface area (Å²) in [5, 5.41) is 6.85. The predicted molar refractivity (Wildman–Crippen MR) is 109 cm³/mol. The summed E-state index contributed by atoms with van der Waals surface area (Å²) in [5.41, 5.74) is 3.20. The molecule has 1 aromatic heterocycles. The molecule has 0 radical (unpaired) electrons. The van der Waals surface area contributed by atoms with Gasteiger partial charge in [0, 0.05) is 18.2 Å². The zero-order valence-corrected chi connectivity index (χ0v) is 15.6. The summed E-state index contributed by atoms with van der Waals surface area (Å²) in [7, 11) is 0. The van der Waals surface area contributed by atoms with Crippen molar-refractivity contribution in [3.8, 4) is 11.3 Å². The summed E-state index contributed by atoms with van der Waals surface area (Å²) in [6.45, 7) is 7.36. The number of anilines is 2. The first-order valence-electron chi connectivity index (χ1n) is 9.11. The second kappa shape index (κ2) is 8.48. The normalized spacial score (nSPS) is 12.0. The van der Waals surface area contributed by atoms with Crippen LogP contribution >= 0.6 is 0 Å². The van der Waals surface area contributed by atoms with E-state index < -0.39 is 0 Å². The fourth-order valence-electron chi connectivity index (χ4n) is 2.69. The molecule has 0 amide bonds. The van der Waals surface area contributed by atoms with Gasteiger partial charge in [-0.1, -0.05) is 74.5 Å². The van der Waals surface area contributed by atoms with Crippen LogP contribution in [0.3, 0.4) is 0 Å². The van der Waals surface area contributed by atoms with Gasteiger partial charge in [-0.15, -0.1) is 0 Å². The van der Waals surface area contributed by atoms with Crippen LogP contribution in [0.1, 0.15) is 32.4 Å². The van der Waals surface area contributed by atoms with Gasteiger partial charge < -0.3 is 10.6 Å². The van der Waals surface area contributed by atoms with Crippen molar-refractivity contribution in [2.24, 2.45) is 5.92 Å². The molecule has 0 bridgehead atoms. The van der Waals surface area contributed by atoms with Crippen molar-refractivity contribution in [1.29, 1.82) is 0 Å². The van der Waals surface area contributed by atoms with Crippen LogP contribution in [-0.2, 0) is 0 Å². The minimum absolute atomic E-state index is 0.125. The lowest BCUT2D eigenvalue weighted by atomic mass is 10.1. The highest BCUT2D eigenvalue weighted by atomic mass is 15.2. The topological polar surface area (TPSA) is 49.8 Å². The molecule has 0 saturated heterocycles. The molecule has 1 atom stereocenters. The molecule has 4 nitrogen and oxygen atoms in total. The van der Waals surface area contributed by atoms with Gasteiger partial charge in [0.2, 0.25) is 5.95 Å². The largest absolute Gasteiger partial charge is 0.370 e. The van der Waals surface area contributed by atoms with Gasteiger partial charge in [-0.05, 0) is 18.4 Å². The van der Waals surface area contributed by atoms with Crippen molar-refractivity contribution in [2.75, 3.05) is 17.2 Å². The van der Waals surface area contributed by atoms with E-state index in [0.29, 0.717) is 11.9 Å². The van der Waals surface area contributed by atoms with Crippen LogP contribution in [0, 0.1) is 5.92 Å². The maximum absolute atomic E-state index is 4.73. The molecular formula is C22H26N4. The molecule has 26 heavy (non-hydrogen) atoms. The molecule has 3 aromatic rings. The molecule has 0 aliphatic heterocycles. The van der Waals surface area contributed by atoms with E-state index in [9.17, 15) is 0 Å². The zero-order valence-electron chi connectivity index (χ0n) is 15.6. The average molecular weight is 346 g/mol. The van der Waals surface area contributed by atoms with Crippen molar-refractivity contribution >= 4 is 11.8 Å². The highest BCUT2D eigenvalue weighted by Crippen LogP contribution is 2.23. The second-order valence-corrected chi connectivity index (χ2v) is 6.88. The molecule has 2 N–H and O–H groups in total. The van der Waals surface area contributed by atoms with Crippen molar-refractivity contribution in [1.82, 2.24) is 9.97 Å². The molecule has 2 aromatic carbocycles. The van der Waals surface area contributed by atoms with Crippen LogP contribution in [0.4, 0.5) is 11.8 Å². The van der Waals surface area contributed by atoms with Gasteiger partial charge in [0.25, 0.3) is 0 Å². The Morgan fingerprint density at radius 2 is 1.50 bits per heavy atom. The van der Waals surface area contributed by atoms with Crippen LogP contribution in [0.15, 0.2) is 66.7 Å². The number of nitrogens with zero attached hydrogens (tertiary/aromatic N) is 2. The van der Waals surface area contributed by atoms with E-state index in [0.717, 1.165) is 23.6 Å². The van der Waals surface area contributed by atoms with E-state index in [1.807, 2.05) is 42.5 Å². The molecule has 4 heteroatoms. The molecule has 0 saturated carbocycles. The van der Waals surface area contributed by atoms with Crippen LogP contribution in [0.25, 0.3) is 11.3 Å². The smallest absolute Gasteiger partial charge is 0.225 e. The van der Waals surface area contributed by atoms with Crippen LogP contribution in [-0.4, -0.2) is 16.5 Å². The Labute approximate surface area is 155 Å². The Bertz CT molecular complexity index is 816. The molecule has 3 rings (SSSR count). The lowest BCUT2D eigenvalue weighted by molar-refractivity contribution is 0.686. The fourth-order valence-corrected chi connectivity index (χ4v) is 2.69. The third-order valence-corrected chi connectivity index (χ3v) is 4.13. The summed E-state index contributed by atoms with van der Waals surface area (Å²) >= 11 is 0. The number of nitrogens with one attached hydrogen (secondary N) is 2. The molecule has 0 spiro atoms. The maximum Gasteiger partial charge on any atom is 0.225 e. The lowest BCUT2D eigenvalue weighted by Gasteiger charge is -2.17. The highest BCUT2D eigenvalue weighted by Gasteiger charge is 2.11. The molecule has 0 aliphatic rings. The van der Waals surface area contributed by atoms with E-state index in [1.165, 1.54) is 5.56 Å². The van der Waals surface area contributed by atoms with Gasteiger partial charge in [0.15, 0.2) is 0 Å². The highest BCUT2D eigenvalue weighted by molar-refractivity contribution is 5.64. The molecule has 134 valence electrons. The maximum atomic E-state index is 4.73. The van der Waals surface area contributed by atoms with E-state index >= 15 is 0 Å². The van der Waals surface area contributed by atoms with Gasteiger partial charge in [-0.3, -0.25) is 0 Å². The summed E-state index contributed by atoms with van der Waals surface area (Å²) in [6.07, 6.45) is 0. The molecule has 1 heterocycles. The second-order valence-electron chi connectivity index (χ2n) is 6.88. The van der Waals surface area contributed by atoms with Crippen molar-refractivity contribution in [2.45, 2.75) is 26.8 Å². The predicted octanol–water partition coefficient (Wildman–Crippen LogP) is 5.38. The fraction of sp³-hybridized carbons (Fsp3) is 0.273. The summed E-state index contributed by atoms with van der Waals surface area (Å²) in [4.78, 5) is 9.40. The monoisotopic (exact) mass is 346 g/mol. The first-order chi connectivity index (χ1) is 12.6. The van der Waals surface area contributed by atoms with Crippen molar-refractivity contribution in [3.63, 3.8) is 0 Å². The Kier molecular flexibility index (Phi) is 5.84. The van der Waals surface area contributed by atoms with Gasteiger partial charge >= 0.3 is 0 Å². The Hall–Kier alpha value is -2.88. The molecular weight excluding hydrogens is 320 g/mol. The van der Waals surface area contributed by atoms with Crippen LogP contribution < -0.4 is 10.6 Å². The van der Waals surface area contributed by atoms with Gasteiger partial charge in [-0.2, -0.15) is 4.98 Å². The van der Waals surface area contributed by atoms with E-state index in [-0.39, 0.29) is 6.04 Å². The molecule has 1 unspecified atom stereocenters. The van der Waals surface area contributed by atoms with Crippen LogP contribution in [0.5, 0.6) is 0 Å². The Morgan fingerprint density at radius 3 is 2.15 bits per heavy atom.